The van der Waals surface area contributed by atoms with Crippen LogP contribution in [0.25, 0.3) is 15.8 Å². The van der Waals surface area contributed by atoms with Crippen LogP contribution in [0.5, 0.6) is 0 Å². The van der Waals surface area contributed by atoms with E-state index in [2.05, 4.69) is 28.9 Å². The zero-order chi connectivity index (χ0) is 14.4. The van der Waals surface area contributed by atoms with Crippen molar-refractivity contribution in [1.29, 1.82) is 0 Å². The lowest BCUT2D eigenvalue weighted by Gasteiger charge is -2.15. The fourth-order valence-electron chi connectivity index (χ4n) is 2.84. The molecule has 0 spiro atoms. The lowest BCUT2D eigenvalue weighted by Crippen LogP contribution is -2.19. The van der Waals surface area contributed by atoms with E-state index in [1.54, 1.807) is 0 Å². The first-order chi connectivity index (χ1) is 10.3. The molecule has 108 valence electrons. The fraction of sp³-hybridized carbons (Fsp3) is 0.312. The molecular formula is C16H15ClN2S2. The number of nitrogens with zero attached hydrogens (tertiary/aromatic N) is 2. The number of benzene rings is 1. The number of hydrogen-bond donors (Lipinski definition) is 0. The van der Waals surface area contributed by atoms with Gasteiger partial charge < -0.3 is 4.90 Å². The van der Waals surface area contributed by atoms with Crippen LogP contribution in [-0.4, -0.2) is 23.2 Å². The van der Waals surface area contributed by atoms with Crippen LogP contribution in [0.2, 0.25) is 5.02 Å². The number of allylic oxidation sites excluding steroid dienone is 1. The van der Waals surface area contributed by atoms with Gasteiger partial charge in [-0.3, -0.25) is 4.99 Å². The molecule has 2 aliphatic rings. The summed E-state index contributed by atoms with van der Waals surface area (Å²) >= 11 is 10.0. The second kappa shape index (κ2) is 5.34. The third kappa shape index (κ3) is 2.20. The van der Waals surface area contributed by atoms with E-state index in [1.807, 2.05) is 35.2 Å². The molecule has 0 saturated heterocycles. The lowest BCUT2D eigenvalue weighted by molar-refractivity contribution is 0.647. The molecule has 21 heavy (non-hydrogen) atoms. The Morgan fingerprint density at radius 1 is 1.38 bits per heavy atom. The van der Waals surface area contributed by atoms with Crippen LogP contribution in [0.1, 0.15) is 24.6 Å². The van der Waals surface area contributed by atoms with E-state index in [9.17, 15) is 0 Å². The minimum atomic E-state index is 0.841. The molecular weight excluding hydrogens is 320 g/mol. The van der Waals surface area contributed by atoms with Crippen molar-refractivity contribution in [3.63, 3.8) is 0 Å². The summed E-state index contributed by atoms with van der Waals surface area (Å²) in [5.41, 5.74) is 1.37. The van der Waals surface area contributed by atoms with E-state index < -0.39 is 0 Å². The van der Waals surface area contributed by atoms with Crippen molar-refractivity contribution in [2.45, 2.75) is 19.8 Å². The number of amidine groups is 1. The number of halogens is 1. The summed E-state index contributed by atoms with van der Waals surface area (Å²) in [6, 6.07) is 8.39. The summed E-state index contributed by atoms with van der Waals surface area (Å²) in [6.07, 6.45) is 2.29. The number of rotatable bonds is 3. The highest BCUT2D eigenvalue weighted by atomic mass is 35.5. The Morgan fingerprint density at radius 3 is 3.10 bits per heavy atom. The van der Waals surface area contributed by atoms with Gasteiger partial charge in [-0.05, 0) is 24.6 Å². The first-order valence-electron chi connectivity index (χ1n) is 7.19. The molecule has 0 radical (unpaired) electrons. The predicted octanol–water partition coefficient (Wildman–Crippen LogP) is 5.44. The Hall–Kier alpha value is -0.970. The van der Waals surface area contributed by atoms with Gasteiger partial charge in [0.15, 0.2) is 5.17 Å². The summed E-state index contributed by atoms with van der Waals surface area (Å²) in [7, 11) is 0. The summed E-state index contributed by atoms with van der Waals surface area (Å²) in [5.74, 6) is 0. The highest BCUT2D eigenvalue weighted by Crippen LogP contribution is 2.46. The second-order valence-corrected chi connectivity index (χ2v) is 7.76. The van der Waals surface area contributed by atoms with Gasteiger partial charge in [-0.15, -0.1) is 11.3 Å². The third-order valence-electron chi connectivity index (χ3n) is 3.77. The first-order valence-corrected chi connectivity index (χ1v) is 9.20. The van der Waals surface area contributed by atoms with E-state index in [1.165, 1.54) is 31.8 Å². The van der Waals surface area contributed by atoms with Crippen LogP contribution < -0.4 is 0 Å². The van der Waals surface area contributed by atoms with Gasteiger partial charge >= 0.3 is 0 Å². The molecule has 2 aromatic rings. The molecule has 0 saturated carbocycles. The molecule has 1 aromatic heterocycles. The topological polar surface area (TPSA) is 15.6 Å². The number of fused-ring (bicyclic) bond motifs is 2. The van der Waals surface area contributed by atoms with Crippen molar-refractivity contribution < 1.29 is 0 Å². The molecule has 1 aromatic carbocycles. The number of aliphatic imine (C=N–C) groups is 1. The fourth-order valence-corrected chi connectivity index (χ4v) is 5.65. The van der Waals surface area contributed by atoms with Gasteiger partial charge in [-0.2, -0.15) is 0 Å². The van der Waals surface area contributed by atoms with Crippen molar-refractivity contribution in [3.8, 4) is 0 Å². The maximum absolute atomic E-state index is 6.33. The van der Waals surface area contributed by atoms with Crippen LogP contribution in [0, 0.1) is 0 Å². The first kappa shape index (κ1) is 13.7. The van der Waals surface area contributed by atoms with Gasteiger partial charge in [0.05, 0.1) is 17.1 Å². The van der Waals surface area contributed by atoms with E-state index in [0.717, 1.165) is 29.9 Å². The van der Waals surface area contributed by atoms with E-state index in [4.69, 9.17) is 11.6 Å². The summed E-state index contributed by atoms with van der Waals surface area (Å²) < 4.78 is 1.26. The second-order valence-electron chi connectivity index (χ2n) is 5.20. The molecule has 0 fully saturated rings. The third-order valence-corrected chi connectivity index (χ3v) is 6.38. The molecule has 4 rings (SSSR count). The highest BCUT2D eigenvalue weighted by molar-refractivity contribution is 8.17. The number of thiophene rings is 1. The Balaban J connectivity index is 1.86. The van der Waals surface area contributed by atoms with Crippen LogP contribution in [0.4, 0.5) is 0 Å². The Bertz CT molecular complexity index is 776. The Kier molecular flexibility index (Phi) is 3.48. The van der Waals surface area contributed by atoms with Crippen molar-refractivity contribution in [2.75, 3.05) is 13.1 Å². The standard InChI is InChI=1S/C16H15ClN2S2/c1-2-4-13-15(19-8-7-18-16(19)21-13)14-9-10-11(17)5-3-6-12(10)20-14/h3,5-6,9H,2,4,7-8H2,1H3. The SMILES string of the molecule is CCCC1=C(c2cc3c(Cl)cccc3s2)N2CCN=C2S1. The van der Waals surface area contributed by atoms with Crippen molar-refractivity contribution in [3.05, 3.63) is 39.1 Å². The van der Waals surface area contributed by atoms with E-state index in [0.29, 0.717) is 0 Å². The molecule has 0 atom stereocenters. The van der Waals surface area contributed by atoms with Crippen LogP contribution in [-0.2, 0) is 0 Å². The van der Waals surface area contributed by atoms with Crippen molar-refractivity contribution in [2.24, 2.45) is 4.99 Å². The maximum Gasteiger partial charge on any atom is 0.168 e. The molecule has 2 nitrogen and oxygen atoms in total. The summed E-state index contributed by atoms with van der Waals surface area (Å²) in [6.45, 7) is 4.15. The van der Waals surface area contributed by atoms with Gasteiger partial charge in [-0.1, -0.05) is 42.8 Å². The molecule has 0 amide bonds. The molecule has 0 N–H and O–H groups in total. The van der Waals surface area contributed by atoms with Gasteiger partial charge in [-0.25, -0.2) is 0 Å². The quantitative estimate of drug-likeness (QED) is 0.742. The average Bonchev–Trinajstić information content (AvgIpc) is 3.12. The van der Waals surface area contributed by atoms with Gasteiger partial charge in [0, 0.05) is 26.6 Å². The Morgan fingerprint density at radius 2 is 2.29 bits per heavy atom. The highest BCUT2D eigenvalue weighted by Gasteiger charge is 2.33. The number of thioether (sulfide) groups is 1. The van der Waals surface area contributed by atoms with Crippen molar-refractivity contribution in [1.82, 2.24) is 4.90 Å². The monoisotopic (exact) mass is 334 g/mol. The minimum Gasteiger partial charge on any atom is -0.317 e. The lowest BCUT2D eigenvalue weighted by atomic mass is 10.2. The van der Waals surface area contributed by atoms with Crippen molar-refractivity contribution >= 4 is 55.7 Å². The zero-order valence-corrected chi connectivity index (χ0v) is 14.1. The smallest absolute Gasteiger partial charge is 0.168 e. The van der Waals surface area contributed by atoms with E-state index >= 15 is 0 Å². The molecule has 0 aliphatic carbocycles. The molecule has 3 heterocycles. The van der Waals surface area contributed by atoms with Crippen LogP contribution >= 0.6 is 34.7 Å². The van der Waals surface area contributed by atoms with Gasteiger partial charge in [0.25, 0.3) is 0 Å². The van der Waals surface area contributed by atoms with E-state index in [-0.39, 0.29) is 0 Å². The molecule has 0 bridgehead atoms. The maximum atomic E-state index is 6.33. The van der Waals surface area contributed by atoms with Crippen LogP contribution in [0.15, 0.2) is 34.2 Å². The zero-order valence-electron chi connectivity index (χ0n) is 11.7. The Labute approximate surface area is 137 Å². The summed E-state index contributed by atoms with van der Waals surface area (Å²) in [5, 5.41) is 3.18. The minimum absolute atomic E-state index is 0.841. The number of hydrogen-bond acceptors (Lipinski definition) is 4. The van der Waals surface area contributed by atoms with Gasteiger partial charge in [0.1, 0.15) is 0 Å². The van der Waals surface area contributed by atoms with Crippen LogP contribution in [0.3, 0.4) is 0 Å². The molecule has 5 heteroatoms. The van der Waals surface area contributed by atoms with Gasteiger partial charge in [0.2, 0.25) is 0 Å². The normalized spacial score (nSPS) is 17.8. The average molecular weight is 335 g/mol. The largest absolute Gasteiger partial charge is 0.317 e. The summed E-state index contributed by atoms with van der Waals surface area (Å²) in [4.78, 5) is 9.78. The predicted molar refractivity (Wildman–Crippen MR) is 95.3 cm³/mol. The molecule has 2 aliphatic heterocycles. The molecule has 0 unspecified atom stereocenters.